The van der Waals surface area contributed by atoms with Gasteiger partial charge in [-0.15, -0.1) is 0 Å². The second kappa shape index (κ2) is 5.57. The molecule has 1 unspecified atom stereocenters. The Morgan fingerprint density at radius 1 is 1.17 bits per heavy atom. The maximum Gasteiger partial charge on any atom is 0.225 e. The van der Waals surface area contributed by atoms with E-state index >= 15 is 0 Å². The van der Waals surface area contributed by atoms with Gasteiger partial charge in [0.2, 0.25) is 5.91 Å². The Balaban J connectivity index is 1.43. The maximum absolute atomic E-state index is 12.3. The van der Waals surface area contributed by atoms with Gasteiger partial charge in [-0.25, -0.2) is 0 Å². The lowest BCUT2D eigenvalue weighted by atomic mass is 9.99. The van der Waals surface area contributed by atoms with Crippen molar-refractivity contribution in [2.75, 3.05) is 32.9 Å². The molecular formula is C14H23NO3. The number of likely N-dealkylation sites (tertiary alicyclic amines) is 1. The van der Waals surface area contributed by atoms with E-state index < -0.39 is 0 Å². The van der Waals surface area contributed by atoms with Crippen molar-refractivity contribution in [3.63, 3.8) is 0 Å². The summed E-state index contributed by atoms with van der Waals surface area (Å²) in [5.41, 5.74) is 0. The second-order valence-electron chi connectivity index (χ2n) is 5.86. The minimum atomic E-state index is 0.195. The summed E-state index contributed by atoms with van der Waals surface area (Å²) in [6, 6.07) is 0. The molecule has 18 heavy (non-hydrogen) atoms. The molecule has 4 heteroatoms. The molecule has 2 aliphatic heterocycles. The van der Waals surface area contributed by atoms with E-state index in [4.69, 9.17) is 9.47 Å². The Morgan fingerprint density at radius 3 is 2.67 bits per heavy atom. The van der Waals surface area contributed by atoms with Gasteiger partial charge in [0, 0.05) is 38.8 Å². The molecule has 3 rings (SSSR count). The summed E-state index contributed by atoms with van der Waals surface area (Å²) in [6.07, 6.45) is 5.75. The summed E-state index contributed by atoms with van der Waals surface area (Å²) >= 11 is 0. The van der Waals surface area contributed by atoms with E-state index in [1.54, 1.807) is 0 Å². The summed E-state index contributed by atoms with van der Waals surface area (Å²) in [5, 5.41) is 0. The molecule has 0 radical (unpaired) electrons. The zero-order valence-corrected chi connectivity index (χ0v) is 11.0. The van der Waals surface area contributed by atoms with Crippen LogP contribution in [-0.2, 0) is 14.3 Å². The monoisotopic (exact) mass is 253 g/mol. The van der Waals surface area contributed by atoms with Crippen LogP contribution in [0.4, 0.5) is 0 Å². The largest absolute Gasteiger partial charge is 0.381 e. The summed E-state index contributed by atoms with van der Waals surface area (Å²) in [7, 11) is 0. The van der Waals surface area contributed by atoms with E-state index in [1.807, 2.05) is 4.90 Å². The van der Waals surface area contributed by atoms with Crippen molar-refractivity contribution in [3.05, 3.63) is 0 Å². The van der Waals surface area contributed by atoms with Gasteiger partial charge in [0.05, 0.1) is 6.10 Å². The van der Waals surface area contributed by atoms with Gasteiger partial charge in [0.1, 0.15) is 0 Å². The number of amides is 1. The average Bonchev–Trinajstić information content (AvgIpc) is 3.14. The molecule has 1 atom stereocenters. The third kappa shape index (κ3) is 3.04. The van der Waals surface area contributed by atoms with Crippen molar-refractivity contribution in [2.24, 2.45) is 11.8 Å². The van der Waals surface area contributed by atoms with E-state index in [0.29, 0.717) is 5.91 Å². The van der Waals surface area contributed by atoms with Gasteiger partial charge in [-0.1, -0.05) is 0 Å². The smallest absolute Gasteiger partial charge is 0.225 e. The van der Waals surface area contributed by atoms with Crippen molar-refractivity contribution < 1.29 is 14.3 Å². The van der Waals surface area contributed by atoms with Crippen LogP contribution in [0.25, 0.3) is 0 Å². The summed E-state index contributed by atoms with van der Waals surface area (Å²) in [5.74, 6) is 1.34. The van der Waals surface area contributed by atoms with E-state index in [1.165, 1.54) is 12.8 Å². The van der Waals surface area contributed by atoms with Crippen molar-refractivity contribution in [3.8, 4) is 0 Å². The normalized spacial score (nSPS) is 29.8. The van der Waals surface area contributed by atoms with Crippen LogP contribution >= 0.6 is 0 Å². The first-order chi connectivity index (χ1) is 8.83. The molecule has 0 aromatic heterocycles. The Labute approximate surface area is 109 Å². The minimum Gasteiger partial charge on any atom is -0.381 e. The first-order valence-electron chi connectivity index (χ1n) is 7.31. The zero-order valence-electron chi connectivity index (χ0n) is 11.0. The molecule has 2 saturated heterocycles. The topological polar surface area (TPSA) is 38.8 Å². The molecular weight excluding hydrogens is 230 g/mol. The van der Waals surface area contributed by atoms with Gasteiger partial charge in [-0.3, -0.25) is 4.79 Å². The Bertz CT molecular complexity index is 297. The number of rotatable bonds is 4. The van der Waals surface area contributed by atoms with Gasteiger partial charge >= 0.3 is 0 Å². The third-order valence-electron chi connectivity index (χ3n) is 4.29. The molecule has 3 aliphatic rings. The molecule has 0 bridgehead atoms. The molecule has 2 heterocycles. The molecule has 0 spiro atoms. The number of nitrogens with zero attached hydrogens (tertiary/aromatic N) is 1. The number of ether oxygens (including phenoxy) is 2. The van der Waals surface area contributed by atoms with Gasteiger partial charge < -0.3 is 14.4 Å². The fourth-order valence-corrected chi connectivity index (χ4v) is 2.82. The minimum absolute atomic E-state index is 0.195. The van der Waals surface area contributed by atoms with Crippen LogP contribution in [0.2, 0.25) is 0 Å². The molecule has 4 nitrogen and oxygen atoms in total. The van der Waals surface area contributed by atoms with Crippen LogP contribution in [0, 0.1) is 11.8 Å². The van der Waals surface area contributed by atoms with Gasteiger partial charge in [-0.05, 0) is 38.0 Å². The predicted octanol–water partition coefficient (Wildman–Crippen LogP) is 1.44. The molecule has 1 saturated carbocycles. The Hall–Kier alpha value is -0.610. The van der Waals surface area contributed by atoms with E-state index in [0.717, 1.165) is 58.1 Å². The maximum atomic E-state index is 12.3. The summed E-state index contributed by atoms with van der Waals surface area (Å²) < 4.78 is 11.2. The van der Waals surface area contributed by atoms with Crippen LogP contribution in [-0.4, -0.2) is 49.8 Å². The third-order valence-corrected chi connectivity index (χ3v) is 4.29. The molecule has 3 fully saturated rings. The first-order valence-corrected chi connectivity index (χ1v) is 7.31. The van der Waals surface area contributed by atoms with Crippen molar-refractivity contribution in [1.29, 1.82) is 0 Å². The number of hydrogen-bond donors (Lipinski definition) is 0. The highest BCUT2D eigenvalue weighted by Gasteiger charge is 2.33. The second-order valence-corrected chi connectivity index (χ2v) is 5.86. The molecule has 0 N–H and O–H groups in total. The first kappa shape index (κ1) is 12.4. The van der Waals surface area contributed by atoms with Gasteiger partial charge in [0.15, 0.2) is 0 Å². The summed E-state index contributed by atoms with van der Waals surface area (Å²) in [4.78, 5) is 14.3. The Morgan fingerprint density at radius 2 is 1.94 bits per heavy atom. The SMILES string of the molecule is O=C(C1CCOCC1)N1CCC(OCC2CC2)C1. The van der Waals surface area contributed by atoms with Gasteiger partial charge in [-0.2, -0.15) is 0 Å². The van der Waals surface area contributed by atoms with E-state index in [9.17, 15) is 4.79 Å². The lowest BCUT2D eigenvalue weighted by Crippen LogP contribution is -2.37. The van der Waals surface area contributed by atoms with Crippen molar-refractivity contribution >= 4 is 5.91 Å². The molecule has 0 aromatic rings. The van der Waals surface area contributed by atoms with E-state index in [2.05, 4.69) is 0 Å². The lowest BCUT2D eigenvalue weighted by molar-refractivity contribution is -0.138. The average molecular weight is 253 g/mol. The van der Waals surface area contributed by atoms with Crippen LogP contribution in [0.3, 0.4) is 0 Å². The number of carbonyl (C=O) groups is 1. The van der Waals surface area contributed by atoms with Crippen LogP contribution in [0.1, 0.15) is 32.1 Å². The fraction of sp³-hybridized carbons (Fsp3) is 0.929. The molecule has 1 aliphatic carbocycles. The van der Waals surface area contributed by atoms with E-state index in [-0.39, 0.29) is 12.0 Å². The molecule has 102 valence electrons. The number of hydrogen-bond acceptors (Lipinski definition) is 3. The highest BCUT2D eigenvalue weighted by molar-refractivity contribution is 5.79. The van der Waals surface area contributed by atoms with Gasteiger partial charge in [0.25, 0.3) is 0 Å². The molecule has 0 aromatic carbocycles. The molecule has 1 amide bonds. The number of carbonyl (C=O) groups excluding carboxylic acids is 1. The highest BCUT2D eigenvalue weighted by Crippen LogP contribution is 2.30. The van der Waals surface area contributed by atoms with Crippen molar-refractivity contribution in [1.82, 2.24) is 4.90 Å². The fourth-order valence-electron chi connectivity index (χ4n) is 2.82. The van der Waals surface area contributed by atoms with Crippen LogP contribution in [0.5, 0.6) is 0 Å². The quantitative estimate of drug-likeness (QED) is 0.761. The summed E-state index contributed by atoms with van der Waals surface area (Å²) in [6.45, 7) is 4.08. The zero-order chi connectivity index (χ0) is 12.4. The Kier molecular flexibility index (Phi) is 3.85. The van der Waals surface area contributed by atoms with Crippen LogP contribution < -0.4 is 0 Å². The lowest BCUT2D eigenvalue weighted by Gasteiger charge is -2.26. The van der Waals surface area contributed by atoms with Crippen molar-refractivity contribution in [2.45, 2.75) is 38.2 Å². The highest BCUT2D eigenvalue weighted by atomic mass is 16.5. The standard InChI is InChI=1S/C14H23NO3/c16-14(12-4-7-17-8-5-12)15-6-3-13(9-15)18-10-11-1-2-11/h11-13H,1-10H2. The van der Waals surface area contributed by atoms with Crippen LogP contribution in [0.15, 0.2) is 0 Å². The predicted molar refractivity (Wildman–Crippen MR) is 67.2 cm³/mol.